The molecule has 9 heteroatoms. The molecule has 3 aromatic carbocycles. The second-order valence-electron chi connectivity index (χ2n) is 6.04. The number of aryl methyl sites for hydroxylation is 1. The van der Waals surface area contributed by atoms with E-state index in [1.165, 1.54) is 42.5 Å². The van der Waals surface area contributed by atoms with Crippen LogP contribution in [0.5, 0.6) is 5.75 Å². The highest BCUT2D eigenvalue weighted by Gasteiger charge is 2.19. The Labute approximate surface area is 160 Å². The molecule has 2 amide bonds. The Morgan fingerprint density at radius 1 is 0.964 bits per heavy atom. The van der Waals surface area contributed by atoms with Gasteiger partial charge in [-0.1, -0.05) is 29.8 Å². The van der Waals surface area contributed by atoms with Crippen LogP contribution in [0, 0.1) is 6.92 Å². The molecule has 0 heterocycles. The largest absolute Gasteiger partial charge is 0.507 e. The van der Waals surface area contributed by atoms with Crippen molar-refractivity contribution in [2.24, 2.45) is 0 Å². The van der Waals surface area contributed by atoms with E-state index in [0.29, 0.717) is 0 Å². The van der Waals surface area contributed by atoms with Crippen LogP contribution in [0.2, 0.25) is 0 Å². The number of phenols is 1. The molecule has 28 heavy (non-hydrogen) atoms. The molecule has 3 aromatic rings. The summed E-state index contributed by atoms with van der Waals surface area (Å²) in [4.78, 5) is 23.5. The highest BCUT2D eigenvalue weighted by Crippen LogP contribution is 2.33. The lowest BCUT2D eigenvalue weighted by Gasteiger charge is -2.13. The van der Waals surface area contributed by atoms with Gasteiger partial charge in [0.25, 0.3) is 10.0 Å². The first-order chi connectivity index (χ1) is 13.2. The molecule has 3 rings (SSSR count). The van der Waals surface area contributed by atoms with Crippen molar-refractivity contribution in [3.05, 3.63) is 65.7 Å². The van der Waals surface area contributed by atoms with Crippen LogP contribution in [0.25, 0.3) is 10.8 Å². The first-order valence-electron chi connectivity index (χ1n) is 8.07. The summed E-state index contributed by atoms with van der Waals surface area (Å²) in [5.74, 6) is -1.52. The average Bonchev–Trinajstić information content (AvgIpc) is 2.62. The van der Waals surface area contributed by atoms with Crippen molar-refractivity contribution >= 4 is 38.5 Å². The predicted molar refractivity (Wildman–Crippen MR) is 103 cm³/mol. The summed E-state index contributed by atoms with van der Waals surface area (Å²) >= 11 is 0. The number of carbonyl (C=O) groups is 2. The van der Waals surface area contributed by atoms with Crippen LogP contribution in [0.15, 0.2) is 59.5 Å². The number of rotatable bonds is 4. The van der Waals surface area contributed by atoms with Gasteiger partial charge in [-0.2, -0.15) is 0 Å². The third kappa shape index (κ3) is 3.74. The van der Waals surface area contributed by atoms with Gasteiger partial charge in [0.2, 0.25) is 0 Å². The fraction of sp³-hybridized carbons (Fsp3) is 0.0526. The quantitative estimate of drug-likeness (QED) is 0.532. The van der Waals surface area contributed by atoms with E-state index >= 15 is 0 Å². The number of hydrogen-bond donors (Lipinski definition) is 4. The molecule has 0 saturated carbocycles. The molecule has 0 unspecified atom stereocenters. The summed E-state index contributed by atoms with van der Waals surface area (Å²) < 4.78 is 26.5. The first kappa shape index (κ1) is 19.2. The van der Waals surface area contributed by atoms with Crippen LogP contribution in [-0.2, 0) is 10.0 Å². The Bertz CT molecular complexity index is 1190. The minimum absolute atomic E-state index is 0.0363. The van der Waals surface area contributed by atoms with Gasteiger partial charge in [-0.15, -0.1) is 0 Å². The number of sulfonamides is 1. The maximum absolute atomic E-state index is 12.3. The number of anilines is 1. The van der Waals surface area contributed by atoms with Crippen LogP contribution >= 0.6 is 0 Å². The average molecular weight is 400 g/mol. The smallest absolute Gasteiger partial charge is 0.336 e. The van der Waals surface area contributed by atoms with E-state index in [9.17, 15) is 28.2 Å². The van der Waals surface area contributed by atoms with Gasteiger partial charge in [0.15, 0.2) is 0 Å². The molecule has 144 valence electrons. The Kier molecular flexibility index (Phi) is 4.93. The molecule has 0 radical (unpaired) electrons. The van der Waals surface area contributed by atoms with Crippen molar-refractivity contribution in [1.29, 1.82) is 0 Å². The van der Waals surface area contributed by atoms with E-state index in [0.717, 1.165) is 5.56 Å². The van der Waals surface area contributed by atoms with Gasteiger partial charge in [0.1, 0.15) is 5.75 Å². The maximum Gasteiger partial charge on any atom is 0.336 e. The molecule has 0 fully saturated rings. The first-order valence-corrected chi connectivity index (χ1v) is 9.56. The number of benzene rings is 3. The normalized spacial score (nSPS) is 11.2. The van der Waals surface area contributed by atoms with Crippen molar-refractivity contribution in [2.75, 3.05) is 5.32 Å². The van der Waals surface area contributed by atoms with Gasteiger partial charge in [-0.05, 0) is 37.3 Å². The molecule has 0 bridgehead atoms. The van der Waals surface area contributed by atoms with Crippen LogP contribution in [0.3, 0.4) is 0 Å². The van der Waals surface area contributed by atoms with E-state index in [1.54, 1.807) is 19.1 Å². The minimum atomic E-state index is -4.08. The number of carbonyl (C=O) groups excluding carboxylic acids is 1. The van der Waals surface area contributed by atoms with Gasteiger partial charge in [-0.25, -0.2) is 22.7 Å². The molecule has 0 saturated heterocycles. The summed E-state index contributed by atoms with van der Waals surface area (Å²) in [6, 6.07) is 11.8. The number of phenolic OH excluding ortho intramolecular Hbond substituents is 1. The topological polar surface area (TPSA) is 133 Å². The van der Waals surface area contributed by atoms with Crippen molar-refractivity contribution in [1.82, 2.24) is 4.72 Å². The minimum Gasteiger partial charge on any atom is -0.507 e. The maximum atomic E-state index is 12.3. The molecular formula is C19H16N2O6S. The SMILES string of the molecule is Cc1ccc(S(=O)(=O)NC(=O)Nc2ccc(C(=O)O)c3c(O)cccc23)cc1. The summed E-state index contributed by atoms with van der Waals surface area (Å²) in [5.41, 5.74) is 0.868. The lowest BCUT2D eigenvalue weighted by Crippen LogP contribution is -2.34. The predicted octanol–water partition coefficient (Wildman–Crippen LogP) is 3.06. The van der Waals surface area contributed by atoms with Gasteiger partial charge >= 0.3 is 12.0 Å². The number of fused-ring (bicyclic) bond motifs is 1. The summed E-state index contributed by atoms with van der Waals surface area (Å²) in [7, 11) is -4.08. The van der Waals surface area contributed by atoms with Crippen molar-refractivity contribution in [2.45, 2.75) is 11.8 Å². The number of amides is 2. The van der Waals surface area contributed by atoms with E-state index in [2.05, 4.69) is 5.32 Å². The number of nitrogens with one attached hydrogen (secondary N) is 2. The van der Waals surface area contributed by atoms with Gasteiger partial charge in [0, 0.05) is 10.8 Å². The number of aromatic carboxylic acids is 1. The van der Waals surface area contributed by atoms with Crippen molar-refractivity contribution in [3.63, 3.8) is 0 Å². The third-order valence-electron chi connectivity index (χ3n) is 4.06. The molecule has 0 aliphatic rings. The van der Waals surface area contributed by atoms with Crippen molar-refractivity contribution < 1.29 is 28.2 Å². The highest BCUT2D eigenvalue weighted by molar-refractivity contribution is 7.90. The number of hydrogen-bond acceptors (Lipinski definition) is 5. The molecule has 4 N–H and O–H groups in total. The standard InChI is InChI=1S/C19H16N2O6S/c1-11-5-7-12(8-6-11)28(26,27)21-19(25)20-15-10-9-14(18(23)24)17-13(15)3-2-4-16(17)22/h2-10,22H,1H3,(H,23,24)(H2,20,21,25). The Balaban J connectivity index is 1.92. The molecule has 0 aliphatic heterocycles. The zero-order chi connectivity index (χ0) is 20.5. The molecule has 0 spiro atoms. The van der Waals surface area contributed by atoms with Crippen molar-refractivity contribution in [3.8, 4) is 5.75 Å². The third-order valence-corrected chi connectivity index (χ3v) is 5.40. The van der Waals surface area contributed by atoms with E-state index in [1.807, 2.05) is 4.72 Å². The second-order valence-corrected chi connectivity index (χ2v) is 7.72. The number of urea groups is 1. The summed E-state index contributed by atoms with van der Waals surface area (Å²) in [6.45, 7) is 1.80. The lowest BCUT2D eigenvalue weighted by molar-refractivity contribution is 0.0698. The van der Waals surface area contributed by atoms with E-state index in [-0.39, 0.29) is 32.7 Å². The zero-order valence-corrected chi connectivity index (χ0v) is 15.4. The molecule has 0 aliphatic carbocycles. The highest BCUT2D eigenvalue weighted by atomic mass is 32.2. The number of aromatic hydroxyl groups is 1. The molecule has 0 atom stereocenters. The monoisotopic (exact) mass is 400 g/mol. The Morgan fingerprint density at radius 2 is 1.64 bits per heavy atom. The second kappa shape index (κ2) is 7.20. The number of carboxylic acid groups (broad SMARTS) is 1. The van der Waals surface area contributed by atoms with E-state index < -0.39 is 22.0 Å². The lowest BCUT2D eigenvalue weighted by atomic mass is 10.0. The van der Waals surface area contributed by atoms with Crippen LogP contribution in [0.4, 0.5) is 10.5 Å². The summed E-state index contributed by atoms with van der Waals surface area (Å²) in [6.07, 6.45) is 0. The number of carboxylic acids is 1. The van der Waals surface area contributed by atoms with E-state index in [4.69, 9.17) is 0 Å². The molecule has 0 aromatic heterocycles. The summed E-state index contributed by atoms with van der Waals surface area (Å²) in [5, 5.41) is 22.0. The molecule has 8 nitrogen and oxygen atoms in total. The van der Waals surface area contributed by atoms with Gasteiger partial charge in [-0.3, -0.25) is 0 Å². The Morgan fingerprint density at radius 3 is 2.29 bits per heavy atom. The fourth-order valence-corrected chi connectivity index (χ4v) is 3.63. The van der Waals surface area contributed by atoms with Crippen LogP contribution in [-0.4, -0.2) is 30.6 Å². The van der Waals surface area contributed by atoms with Gasteiger partial charge < -0.3 is 15.5 Å². The van der Waals surface area contributed by atoms with Gasteiger partial charge in [0.05, 0.1) is 16.1 Å². The fourth-order valence-electron chi connectivity index (χ4n) is 2.72. The van der Waals surface area contributed by atoms with Crippen LogP contribution in [0.1, 0.15) is 15.9 Å². The Hall–Kier alpha value is -3.59. The zero-order valence-electron chi connectivity index (χ0n) is 14.6. The molecular weight excluding hydrogens is 384 g/mol. The van der Waals surface area contributed by atoms with Crippen LogP contribution < -0.4 is 10.0 Å².